The third kappa shape index (κ3) is 4.73. The Balaban J connectivity index is 2.64. The number of rotatable bonds is 6. The summed E-state index contributed by atoms with van der Waals surface area (Å²) in [4.78, 5) is 23.6. The standard InChI is InChI=1S/C15H21NO3/c1-4-11(2)14(15(18)19-3)16-13(17)10-12-8-6-5-7-9-12/h5-9,11,14H,4,10H2,1-3H3,(H,16,17)/t11-,14+/m1/s1. The maximum atomic E-state index is 11.9. The third-order valence-corrected chi connectivity index (χ3v) is 3.19. The van der Waals surface area contributed by atoms with Crippen molar-refractivity contribution in [1.29, 1.82) is 0 Å². The monoisotopic (exact) mass is 263 g/mol. The quantitative estimate of drug-likeness (QED) is 0.798. The Bertz CT molecular complexity index is 417. The van der Waals surface area contributed by atoms with Gasteiger partial charge in [0.25, 0.3) is 0 Å². The lowest BCUT2D eigenvalue weighted by Crippen LogP contribution is -2.46. The minimum atomic E-state index is -0.578. The number of ether oxygens (including phenoxy) is 1. The molecule has 0 saturated carbocycles. The first kappa shape index (κ1) is 15.2. The summed E-state index contributed by atoms with van der Waals surface area (Å²) in [7, 11) is 1.33. The first-order valence-electron chi connectivity index (χ1n) is 6.49. The van der Waals surface area contributed by atoms with Crippen molar-refractivity contribution in [3.63, 3.8) is 0 Å². The number of hydrogen-bond acceptors (Lipinski definition) is 3. The fourth-order valence-corrected chi connectivity index (χ4v) is 1.80. The summed E-state index contributed by atoms with van der Waals surface area (Å²) in [6.07, 6.45) is 1.07. The number of benzene rings is 1. The molecule has 0 aliphatic heterocycles. The van der Waals surface area contributed by atoms with Gasteiger partial charge >= 0.3 is 5.97 Å². The molecule has 104 valence electrons. The second-order valence-corrected chi connectivity index (χ2v) is 4.62. The molecular weight excluding hydrogens is 242 g/mol. The molecule has 1 amide bonds. The van der Waals surface area contributed by atoms with E-state index in [-0.39, 0.29) is 18.2 Å². The van der Waals surface area contributed by atoms with Gasteiger partial charge in [0, 0.05) is 0 Å². The highest BCUT2D eigenvalue weighted by Gasteiger charge is 2.26. The fraction of sp³-hybridized carbons (Fsp3) is 0.467. The molecule has 4 heteroatoms. The van der Waals surface area contributed by atoms with Gasteiger partial charge in [-0.3, -0.25) is 4.79 Å². The van der Waals surface area contributed by atoms with E-state index in [1.165, 1.54) is 7.11 Å². The summed E-state index contributed by atoms with van der Waals surface area (Å²) >= 11 is 0. The van der Waals surface area contributed by atoms with Crippen molar-refractivity contribution in [1.82, 2.24) is 5.32 Å². The van der Waals surface area contributed by atoms with Gasteiger partial charge in [-0.25, -0.2) is 4.79 Å². The SMILES string of the molecule is CC[C@@H](C)[C@H](NC(=O)Cc1ccccc1)C(=O)OC. The molecule has 2 atom stereocenters. The van der Waals surface area contributed by atoms with Crippen molar-refractivity contribution < 1.29 is 14.3 Å². The lowest BCUT2D eigenvalue weighted by Gasteiger charge is -2.21. The summed E-state index contributed by atoms with van der Waals surface area (Å²) in [6, 6.07) is 8.86. The van der Waals surface area contributed by atoms with Crippen LogP contribution in [0.5, 0.6) is 0 Å². The zero-order valence-corrected chi connectivity index (χ0v) is 11.7. The molecular formula is C15H21NO3. The van der Waals surface area contributed by atoms with Crippen LogP contribution in [0.2, 0.25) is 0 Å². The molecule has 0 aromatic heterocycles. The number of hydrogen-bond donors (Lipinski definition) is 1. The Morgan fingerprint density at radius 3 is 2.42 bits per heavy atom. The number of nitrogens with one attached hydrogen (secondary N) is 1. The molecule has 4 nitrogen and oxygen atoms in total. The molecule has 1 N–H and O–H groups in total. The van der Waals surface area contributed by atoms with Crippen molar-refractivity contribution in [3.05, 3.63) is 35.9 Å². The maximum absolute atomic E-state index is 11.9. The van der Waals surface area contributed by atoms with E-state index in [9.17, 15) is 9.59 Å². The maximum Gasteiger partial charge on any atom is 0.328 e. The van der Waals surface area contributed by atoms with Crippen LogP contribution in [0.15, 0.2) is 30.3 Å². The van der Waals surface area contributed by atoms with Crippen molar-refractivity contribution in [3.8, 4) is 0 Å². The Labute approximate surface area is 114 Å². The smallest absolute Gasteiger partial charge is 0.328 e. The molecule has 1 aromatic rings. The van der Waals surface area contributed by atoms with Gasteiger partial charge in [0.1, 0.15) is 6.04 Å². The van der Waals surface area contributed by atoms with Crippen LogP contribution < -0.4 is 5.32 Å². The van der Waals surface area contributed by atoms with Gasteiger partial charge in [0.05, 0.1) is 13.5 Å². The predicted molar refractivity (Wildman–Crippen MR) is 73.5 cm³/mol. The molecule has 1 aromatic carbocycles. The van der Waals surface area contributed by atoms with E-state index < -0.39 is 12.0 Å². The molecule has 0 bridgehead atoms. The Morgan fingerprint density at radius 1 is 1.26 bits per heavy atom. The van der Waals surface area contributed by atoms with Gasteiger partial charge in [0.15, 0.2) is 0 Å². The lowest BCUT2D eigenvalue weighted by molar-refractivity contribution is -0.146. The molecule has 0 radical (unpaired) electrons. The van der Waals surface area contributed by atoms with Crippen molar-refractivity contribution in [2.75, 3.05) is 7.11 Å². The first-order chi connectivity index (χ1) is 9.08. The van der Waals surface area contributed by atoms with E-state index in [1.807, 2.05) is 44.2 Å². The van der Waals surface area contributed by atoms with Gasteiger partial charge in [-0.2, -0.15) is 0 Å². The summed E-state index contributed by atoms with van der Waals surface area (Å²) < 4.78 is 4.73. The summed E-state index contributed by atoms with van der Waals surface area (Å²) in [5.74, 6) is -0.509. The molecule has 19 heavy (non-hydrogen) atoms. The summed E-state index contributed by atoms with van der Waals surface area (Å²) in [6.45, 7) is 3.90. The van der Waals surface area contributed by atoms with Gasteiger partial charge < -0.3 is 10.1 Å². The molecule has 1 rings (SSSR count). The average Bonchev–Trinajstić information content (AvgIpc) is 2.44. The fourth-order valence-electron chi connectivity index (χ4n) is 1.80. The largest absolute Gasteiger partial charge is 0.467 e. The normalized spacial score (nSPS) is 13.4. The highest BCUT2D eigenvalue weighted by Crippen LogP contribution is 2.10. The van der Waals surface area contributed by atoms with Gasteiger partial charge in [-0.05, 0) is 11.5 Å². The zero-order chi connectivity index (χ0) is 14.3. The molecule has 0 spiro atoms. The van der Waals surface area contributed by atoms with Crippen molar-refractivity contribution in [2.45, 2.75) is 32.7 Å². The highest BCUT2D eigenvalue weighted by molar-refractivity contribution is 5.85. The van der Waals surface area contributed by atoms with Crippen LogP contribution in [0, 0.1) is 5.92 Å². The van der Waals surface area contributed by atoms with Crippen LogP contribution in [0.25, 0.3) is 0 Å². The molecule has 0 heterocycles. The molecule has 0 aliphatic rings. The van der Waals surface area contributed by atoms with E-state index in [2.05, 4.69) is 5.32 Å². The zero-order valence-electron chi connectivity index (χ0n) is 11.7. The van der Waals surface area contributed by atoms with Gasteiger partial charge in [0.2, 0.25) is 5.91 Å². The van der Waals surface area contributed by atoms with E-state index >= 15 is 0 Å². The van der Waals surface area contributed by atoms with Gasteiger partial charge in [-0.1, -0.05) is 50.6 Å². The topological polar surface area (TPSA) is 55.4 Å². The van der Waals surface area contributed by atoms with E-state index in [4.69, 9.17) is 4.74 Å². The van der Waals surface area contributed by atoms with Crippen molar-refractivity contribution in [2.24, 2.45) is 5.92 Å². The Kier molecular flexibility index (Phi) is 6.06. The average molecular weight is 263 g/mol. The molecule has 0 saturated heterocycles. The van der Waals surface area contributed by atoms with Crippen LogP contribution >= 0.6 is 0 Å². The van der Waals surface area contributed by atoms with Crippen LogP contribution in [-0.4, -0.2) is 25.0 Å². The van der Waals surface area contributed by atoms with Gasteiger partial charge in [-0.15, -0.1) is 0 Å². The number of methoxy groups -OCH3 is 1. The van der Waals surface area contributed by atoms with E-state index in [1.54, 1.807) is 0 Å². The second-order valence-electron chi connectivity index (χ2n) is 4.62. The molecule has 0 aliphatic carbocycles. The highest BCUT2D eigenvalue weighted by atomic mass is 16.5. The summed E-state index contributed by atoms with van der Waals surface area (Å²) in [5, 5.41) is 2.75. The van der Waals surface area contributed by atoms with Crippen molar-refractivity contribution >= 4 is 11.9 Å². The predicted octanol–water partition coefficient (Wildman–Crippen LogP) is 1.93. The number of carbonyl (C=O) groups excluding carboxylic acids is 2. The van der Waals surface area contributed by atoms with Crippen LogP contribution in [0.3, 0.4) is 0 Å². The number of carbonyl (C=O) groups is 2. The van der Waals surface area contributed by atoms with E-state index in [0.29, 0.717) is 0 Å². The number of esters is 1. The number of amides is 1. The molecule has 0 unspecified atom stereocenters. The van der Waals surface area contributed by atoms with Crippen LogP contribution in [0.4, 0.5) is 0 Å². The van der Waals surface area contributed by atoms with E-state index in [0.717, 1.165) is 12.0 Å². The minimum absolute atomic E-state index is 0.0483. The minimum Gasteiger partial charge on any atom is -0.467 e. The Morgan fingerprint density at radius 2 is 1.89 bits per heavy atom. The molecule has 0 fully saturated rings. The summed E-state index contributed by atoms with van der Waals surface area (Å²) in [5.41, 5.74) is 0.924. The lowest BCUT2D eigenvalue weighted by atomic mass is 9.99. The van der Waals surface area contributed by atoms with Crippen LogP contribution in [0.1, 0.15) is 25.8 Å². The second kappa shape index (κ2) is 7.56. The van der Waals surface area contributed by atoms with Crippen LogP contribution in [-0.2, 0) is 20.7 Å². The third-order valence-electron chi connectivity index (χ3n) is 3.19. The first-order valence-corrected chi connectivity index (χ1v) is 6.49. The Hall–Kier alpha value is -1.84.